The zero-order chi connectivity index (χ0) is 39.3. The number of rotatable bonds is 13. The van der Waals surface area contributed by atoms with Gasteiger partial charge in [-0.1, -0.05) is 53.5 Å². The third kappa shape index (κ3) is 9.45. The number of benzene rings is 3. The van der Waals surface area contributed by atoms with Crippen LogP contribution in [0.1, 0.15) is 71.7 Å². The quantitative estimate of drug-likeness (QED) is 0.0749. The Morgan fingerprint density at radius 2 is 1.62 bits per heavy atom. The molecule has 0 N–H and O–H groups in total. The largest absolute Gasteiger partial charge is 0.619 e. The van der Waals surface area contributed by atoms with Crippen LogP contribution in [0.4, 0.5) is 23.7 Å². The molecular formula is C41H40Cl2F3N3O7. The van der Waals surface area contributed by atoms with Crippen molar-refractivity contribution in [3.05, 3.63) is 122 Å². The van der Waals surface area contributed by atoms with E-state index in [1.807, 2.05) is 0 Å². The second kappa shape index (κ2) is 17.6. The van der Waals surface area contributed by atoms with Crippen LogP contribution >= 0.6 is 23.2 Å². The minimum Gasteiger partial charge on any atom is -0.619 e. The fraction of sp³-hybridized carbons (Fsp3) is 0.390. The molecule has 3 saturated heterocycles. The smallest absolute Gasteiger partial charge is 0.415 e. The van der Waals surface area contributed by atoms with E-state index in [2.05, 4.69) is 4.90 Å². The number of piperidine rings is 3. The SMILES string of the molecule is O=C(O[C@@H](Cc1c(Cl)c[n+]([O-])cc1Cl)c1ccc(OC(F)F)c(OC2CCCC2)c1)c1ccc(CN(C(=O)O[C@H]2CN3CCC2CC3)c2ccccc2F)cc1. The monoisotopic (exact) mass is 813 g/mol. The van der Waals surface area contributed by atoms with Crippen LogP contribution in [0.3, 0.4) is 0 Å². The number of pyridine rings is 1. The van der Waals surface area contributed by atoms with Crippen molar-refractivity contribution in [1.29, 1.82) is 0 Å². The Balaban J connectivity index is 1.13. The summed E-state index contributed by atoms with van der Waals surface area (Å²) in [6, 6.07) is 16.5. The molecule has 10 nitrogen and oxygen atoms in total. The van der Waals surface area contributed by atoms with Crippen molar-refractivity contribution in [2.45, 2.75) is 76.4 Å². The molecule has 296 valence electrons. The molecule has 4 aliphatic rings. The van der Waals surface area contributed by atoms with E-state index in [1.54, 1.807) is 18.2 Å². The van der Waals surface area contributed by atoms with Crippen LogP contribution in [0, 0.1) is 16.9 Å². The lowest BCUT2D eigenvalue weighted by Crippen LogP contribution is -2.53. The first kappa shape index (κ1) is 39.5. The summed E-state index contributed by atoms with van der Waals surface area (Å²) in [5.41, 5.74) is 1.49. The second-order valence-electron chi connectivity index (χ2n) is 14.3. The second-order valence-corrected chi connectivity index (χ2v) is 15.1. The van der Waals surface area contributed by atoms with Gasteiger partial charge in [0.1, 0.15) is 28.1 Å². The highest BCUT2D eigenvalue weighted by molar-refractivity contribution is 6.35. The Kier molecular flexibility index (Phi) is 12.4. The number of amides is 1. The molecule has 0 radical (unpaired) electrons. The maximum Gasteiger partial charge on any atom is 0.415 e. The fourth-order valence-electron chi connectivity index (χ4n) is 7.62. The molecule has 15 heteroatoms. The number of ether oxygens (including phenoxy) is 4. The number of para-hydroxylation sites is 1. The number of halogens is 5. The number of aromatic nitrogens is 1. The lowest BCUT2D eigenvalue weighted by Gasteiger charge is -2.44. The van der Waals surface area contributed by atoms with Gasteiger partial charge in [-0.3, -0.25) is 9.80 Å². The molecule has 4 aromatic rings. The van der Waals surface area contributed by atoms with Crippen molar-refractivity contribution in [3.63, 3.8) is 0 Å². The summed E-state index contributed by atoms with van der Waals surface area (Å²) >= 11 is 12.8. The van der Waals surface area contributed by atoms with Crippen molar-refractivity contribution in [3.8, 4) is 11.5 Å². The summed E-state index contributed by atoms with van der Waals surface area (Å²) in [7, 11) is 0. The Morgan fingerprint density at radius 1 is 0.929 bits per heavy atom. The van der Waals surface area contributed by atoms with Gasteiger partial charge in [-0.05, 0) is 105 Å². The molecule has 0 unspecified atom stereocenters. The molecule has 3 aliphatic heterocycles. The predicted octanol–water partition coefficient (Wildman–Crippen LogP) is 9.07. The minimum absolute atomic E-state index is 0.0319. The van der Waals surface area contributed by atoms with Crippen LogP contribution in [0.5, 0.6) is 11.5 Å². The molecule has 1 saturated carbocycles. The van der Waals surface area contributed by atoms with E-state index in [4.69, 9.17) is 42.1 Å². The number of esters is 1. The molecular weight excluding hydrogens is 774 g/mol. The Bertz CT molecular complexity index is 2010. The average molecular weight is 815 g/mol. The van der Waals surface area contributed by atoms with E-state index in [0.29, 0.717) is 28.0 Å². The number of alkyl halides is 2. The van der Waals surface area contributed by atoms with E-state index in [1.165, 1.54) is 53.4 Å². The zero-order valence-electron chi connectivity index (χ0n) is 30.3. The molecule has 2 atom stereocenters. The first-order chi connectivity index (χ1) is 27.0. The summed E-state index contributed by atoms with van der Waals surface area (Å²) in [6.45, 7) is -0.556. The molecule has 4 heterocycles. The standard InChI is InChI=1S/C41H40Cl2F3N3O7/c42-31-22-48(52)23-32(43)30(31)20-36(28-13-14-35(55-40(45)46)37(19-28)53-29-5-1-2-6-29)54-39(50)27-11-9-25(10-12-27)21-49(34-8-4-3-7-33(34)44)41(51)56-38-24-47-17-15-26(38)16-18-47/h3-4,7-14,19,22-23,26,29,36,38,40H,1-2,5-6,15-18,20-21,24H2/t36-,38-/m0/s1. The topological polar surface area (TPSA) is 104 Å². The highest BCUT2D eigenvalue weighted by Crippen LogP contribution is 2.38. The maximum absolute atomic E-state index is 15.1. The highest BCUT2D eigenvalue weighted by Gasteiger charge is 2.38. The molecule has 3 aromatic carbocycles. The lowest BCUT2D eigenvalue weighted by atomic mass is 9.86. The first-order valence-corrected chi connectivity index (χ1v) is 19.3. The molecule has 1 aliphatic carbocycles. The van der Waals surface area contributed by atoms with Gasteiger partial charge in [0, 0.05) is 18.5 Å². The van der Waals surface area contributed by atoms with E-state index < -0.39 is 30.6 Å². The summed E-state index contributed by atoms with van der Waals surface area (Å²) in [4.78, 5) is 30.9. The van der Waals surface area contributed by atoms with Crippen molar-refractivity contribution < 1.29 is 46.4 Å². The summed E-state index contributed by atoms with van der Waals surface area (Å²) in [5.74, 6) is -1.18. The minimum atomic E-state index is -3.10. The third-order valence-electron chi connectivity index (χ3n) is 10.6. The molecule has 1 aromatic heterocycles. The van der Waals surface area contributed by atoms with Gasteiger partial charge in [-0.15, -0.1) is 0 Å². The number of fused-ring (bicyclic) bond motifs is 3. The zero-order valence-corrected chi connectivity index (χ0v) is 31.8. The number of carbonyl (C=O) groups excluding carboxylic acids is 2. The molecule has 8 rings (SSSR count). The van der Waals surface area contributed by atoms with E-state index in [-0.39, 0.29) is 63.9 Å². The van der Waals surface area contributed by atoms with Crippen molar-refractivity contribution in [2.24, 2.45) is 5.92 Å². The summed E-state index contributed by atoms with van der Waals surface area (Å²) in [6.07, 6.45) is 5.16. The van der Waals surface area contributed by atoms with Crippen LogP contribution in [-0.2, 0) is 22.4 Å². The van der Waals surface area contributed by atoms with Crippen LogP contribution in [0.15, 0.2) is 79.1 Å². The van der Waals surface area contributed by atoms with Gasteiger partial charge in [-0.2, -0.15) is 13.5 Å². The number of nitrogens with zero attached hydrogens (tertiary/aromatic N) is 3. The summed E-state index contributed by atoms with van der Waals surface area (Å²) < 4.78 is 65.1. The maximum atomic E-state index is 15.1. The summed E-state index contributed by atoms with van der Waals surface area (Å²) in [5, 5.41) is 12.0. The van der Waals surface area contributed by atoms with Crippen molar-refractivity contribution in [2.75, 3.05) is 24.5 Å². The number of hydrogen-bond acceptors (Lipinski definition) is 8. The van der Waals surface area contributed by atoms with E-state index in [9.17, 15) is 23.6 Å². The van der Waals surface area contributed by atoms with Gasteiger partial charge in [0.25, 0.3) is 0 Å². The van der Waals surface area contributed by atoms with Crippen LogP contribution in [0.25, 0.3) is 0 Å². The first-order valence-electron chi connectivity index (χ1n) is 18.6. The van der Waals surface area contributed by atoms with Gasteiger partial charge >= 0.3 is 18.7 Å². The third-order valence-corrected chi connectivity index (χ3v) is 11.2. The lowest BCUT2D eigenvalue weighted by molar-refractivity contribution is -0.605. The van der Waals surface area contributed by atoms with Gasteiger partial charge in [0.05, 0.1) is 23.9 Å². The molecule has 56 heavy (non-hydrogen) atoms. The van der Waals surface area contributed by atoms with Crippen LogP contribution in [-0.4, -0.2) is 55.4 Å². The Morgan fingerprint density at radius 3 is 2.27 bits per heavy atom. The van der Waals surface area contributed by atoms with Crippen LogP contribution < -0.4 is 19.1 Å². The van der Waals surface area contributed by atoms with Gasteiger partial charge in [-0.25, -0.2) is 14.0 Å². The average Bonchev–Trinajstić information content (AvgIpc) is 3.69. The van der Waals surface area contributed by atoms with Gasteiger partial charge < -0.3 is 24.2 Å². The Hall–Kier alpha value is -4.72. The van der Waals surface area contributed by atoms with Gasteiger partial charge in [0.2, 0.25) is 0 Å². The predicted molar refractivity (Wildman–Crippen MR) is 202 cm³/mol. The van der Waals surface area contributed by atoms with Gasteiger partial charge in [0.15, 0.2) is 23.9 Å². The number of carbonyl (C=O) groups is 2. The number of anilines is 1. The molecule has 4 fully saturated rings. The van der Waals surface area contributed by atoms with Crippen molar-refractivity contribution in [1.82, 2.24) is 4.90 Å². The fourth-order valence-corrected chi connectivity index (χ4v) is 8.22. The van der Waals surface area contributed by atoms with Crippen LogP contribution in [0.2, 0.25) is 10.0 Å². The molecule has 2 bridgehead atoms. The van der Waals surface area contributed by atoms with E-state index >= 15 is 4.39 Å². The Labute approximate surface area is 332 Å². The normalized spacial score (nSPS) is 19.8. The van der Waals surface area contributed by atoms with Crippen molar-refractivity contribution >= 4 is 41.0 Å². The highest BCUT2D eigenvalue weighted by atomic mass is 35.5. The van der Waals surface area contributed by atoms with E-state index in [0.717, 1.165) is 64.0 Å². The molecule has 0 spiro atoms. The number of hydrogen-bond donors (Lipinski definition) is 0. The molecule has 1 amide bonds.